The van der Waals surface area contributed by atoms with E-state index in [1.54, 1.807) is 12.1 Å². The van der Waals surface area contributed by atoms with Crippen molar-refractivity contribution in [2.24, 2.45) is 0 Å². The number of methoxy groups -OCH3 is 1. The van der Waals surface area contributed by atoms with Crippen molar-refractivity contribution in [1.29, 1.82) is 0 Å². The predicted octanol–water partition coefficient (Wildman–Crippen LogP) is 4.03. The van der Waals surface area contributed by atoms with Crippen LogP contribution in [0.4, 0.5) is 0 Å². The molecule has 1 aromatic carbocycles. The van der Waals surface area contributed by atoms with Gasteiger partial charge in [-0.15, -0.1) is 0 Å². The quantitative estimate of drug-likeness (QED) is 0.776. The van der Waals surface area contributed by atoms with Gasteiger partial charge in [0.15, 0.2) is 0 Å². The molecule has 0 heterocycles. The van der Waals surface area contributed by atoms with Crippen molar-refractivity contribution in [3.63, 3.8) is 0 Å². The molecule has 0 saturated heterocycles. The highest BCUT2D eigenvalue weighted by molar-refractivity contribution is 5.96. The van der Waals surface area contributed by atoms with Crippen LogP contribution in [0.5, 0.6) is 11.5 Å². The third-order valence-corrected chi connectivity index (χ3v) is 3.08. The summed E-state index contributed by atoms with van der Waals surface area (Å²) < 4.78 is 5.30. The van der Waals surface area contributed by atoms with Gasteiger partial charge in [-0.3, -0.25) is 0 Å². The van der Waals surface area contributed by atoms with Crippen LogP contribution in [0.1, 0.15) is 48.7 Å². The smallest absolute Gasteiger partial charge is 0.340 e. The summed E-state index contributed by atoms with van der Waals surface area (Å²) in [5, 5.41) is 19.7. The number of rotatable bonds is 6. The van der Waals surface area contributed by atoms with Crippen LogP contribution in [-0.4, -0.2) is 23.3 Å². The third-order valence-electron chi connectivity index (χ3n) is 3.08. The van der Waals surface area contributed by atoms with Gasteiger partial charge in [-0.1, -0.05) is 30.7 Å². The summed E-state index contributed by atoms with van der Waals surface area (Å²) in [5.41, 5.74) is 1.94. The summed E-state index contributed by atoms with van der Waals surface area (Å²) >= 11 is 0. The summed E-state index contributed by atoms with van der Waals surface area (Å²) in [6, 6.07) is 1.66. The standard InChI is InChI=1S/C17H22O4/c1-5-6-7-12-10-14(21-4)13(9-8-11(2)3)16(18)15(12)17(19)20/h6-8,10,18H,5,9H2,1-4H3,(H,19,20)/b7-6+. The Hall–Kier alpha value is -2.23. The molecule has 4 heteroatoms. The maximum absolute atomic E-state index is 11.4. The first kappa shape index (κ1) is 16.8. The molecule has 0 aromatic heterocycles. The zero-order chi connectivity index (χ0) is 16.0. The van der Waals surface area contributed by atoms with Gasteiger partial charge >= 0.3 is 5.97 Å². The average Bonchev–Trinajstić information content (AvgIpc) is 2.42. The van der Waals surface area contributed by atoms with Gasteiger partial charge in [-0.05, 0) is 38.3 Å². The summed E-state index contributed by atoms with van der Waals surface area (Å²) in [6.07, 6.45) is 6.66. The van der Waals surface area contributed by atoms with E-state index >= 15 is 0 Å². The van der Waals surface area contributed by atoms with E-state index < -0.39 is 5.97 Å². The number of aromatic hydroxyl groups is 1. The molecule has 1 aromatic rings. The first-order chi connectivity index (χ1) is 9.92. The fourth-order valence-electron chi connectivity index (χ4n) is 1.99. The Labute approximate surface area is 125 Å². The molecule has 114 valence electrons. The zero-order valence-corrected chi connectivity index (χ0v) is 12.9. The Morgan fingerprint density at radius 1 is 1.38 bits per heavy atom. The van der Waals surface area contributed by atoms with Gasteiger partial charge in [-0.2, -0.15) is 0 Å². The van der Waals surface area contributed by atoms with Crippen molar-refractivity contribution in [2.75, 3.05) is 7.11 Å². The van der Waals surface area contributed by atoms with Crippen LogP contribution >= 0.6 is 0 Å². The molecule has 0 aliphatic carbocycles. The maximum Gasteiger partial charge on any atom is 0.340 e. The molecule has 0 atom stereocenters. The SMILES string of the molecule is CC/C=C/c1cc(OC)c(CC=C(C)C)c(O)c1C(=O)O. The van der Waals surface area contributed by atoms with E-state index in [9.17, 15) is 15.0 Å². The van der Waals surface area contributed by atoms with Crippen molar-refractivity contribution in [3.05, 3.63) is 40.5 Å². The molecule has 0 spiro atoms. The van der Waals surface area contributed by atoms with Gasteiger partial charge in [0.25, 0.3) is 0 Å². The van der Waals surface area contributed by atoms with Crippen molar-refractivity contribution in [1.82, 2.24) is 0 Å². The summed E-state index contributed by atoms with van der Waals surface area (Å²) in [7, 11) is 1.51. The van der Waals surface area contributed by atoms with Crippen LogP contribution in [0.25, 0.3) is 6.08 Å². The molecule has 2 N–H and O–H groups in total. The van der Waals surface area contributed by atoms with Crippen molar-refractivity contribution in [3.8, 4) is 11.5 Å². The minimum atomic E-state index is -1.15. The Morgan fingerprint density at radius 2 is 2.05 bits per heavy atom. The first-order valence-electron chi connectivity index (χ1n) is 6.88. The number of benzene rings is 1. The maximum atomic E-state index is 11.4. The van der Waals surface area contributed by atoms with Gasteiger partial charge in [-0.25, -0.2) is 4.79 Å². The number of hydrogen-bond acceptors (Lipinski definition) is 3. The summed E-state index contributed by atoms with van der Waals surface area (Å²) in [4.78, 5) is 11.4. The summed E-state index contributed by atoms with van der Waals surface area (Å²) in [6.45, 7) is 5.84. The van der Waals surface area contributed by atoms with Crippen LogP contribution in [0, 0.1) is 0 Å². The molecule has 21 heavy (non-hydrogen) atoms. The lowest BCUT2D eigenvalue weighted by Crippen LogP contribution is -2.04. The largest absolute Gasteiger partial charge is 0.507 e. The topological polar surface area (TPSA) is 66.8 Å². The normalized spacial score (nSPS) is 10.7. The molecular weight excluding hydrogens is 268 g/mol. The van der Waals surface area contributed by atoms with Gasteiger partial charge < -0.3 is 14.9 Å². The van der Waals surface area contributed by atoms with Crippen LogP contribution in [-0.2, 0) is 6.42 Å². The molecule has 0 amide bonds. The highest BCUT2D eigenvalue weighted by Crippen LogP contribution is 2.36. The number of carboxylic acids is 1. The van der Waals surface area contributed by atoms with Gasteiger partial charge in [0.2, 0.25) is 0 Å². The Balaban J connectivity index is 3.52. The number of allylic oxidation sites excluding steroid dienone is 3. The average molecular weight is 290 g/mol. The number of aromatic carboxylic acids is 1. The Kier molecular flexibility index (Phi) is 6.03. The number of carboxylic acid groups (broad SMARTS) is 1. The first-order valence-corrected chi connectivity index (χ1v) is 6.88. The second-order valence-corrected chi connectivity index (χ2v) is 4.97. The molecule has 0 fully saturated rings. The van der Waals surface area contributed by atoms with E-state index in [-0.39, 0.29) is 11.3 Å². The molecule has 0 aliphatic rings. The van der Waals surface area contributed by atoms with E-state index in [0.717, 1.165) is 12.0 Å². The van der Waals surface area contributed by atoms with Gasteiger partial charge in [0.1, 0.15) is 17.1 Å². The lowest BCUT2D eigenvalue weighted by Gasteiger charge is -2.14. The van der Waals surface area contributed by atoms with Crippen LogP contribution in [0.2, 0.25) is 0 Å². The predicted molar refractivity (Wildman–Crippen MR) is 84.1 cm³/mol. The second kappa shape index (κ2) is 7.53. The minimum absolute atomic E-state index is 0.0855. The molecule has 0 bridgehead atoms. The van der Waals surface area contributed by atoms with Crippen LogP contribution in [0.3, 0.4) is 0 Å². The van der Waals surface area contributed by atoms with Crippen LogP contribution < -0.4 is 4.74 Å². The number of ether oxygens (including phenoxy) is 1. The fraction of sp³-hybridized carbons (Fsp3) is 0.353. The lowest BCUT2D eigenvalue weighted by atomic mass is 9.97. The molecular formula is C17H22O4. The van der Waals surface area contributed by atoms with Gasteiger partial charge in [0.05, 0.1) is 7.11 Å². The molecule has 0 saturated carbocycles. The molecule has 0 radical (unpaired) electrons. The van der Waals surface area contributed by atoms with Crippen molar-refractivity contribution < 1.29 is 19.7 Å². The molecule has 4 nitrogen and oxygen atoms in total. The molecule has 0 unspecified atom stereocenters. The minimum Gasteiger partial charge on any atom is -0.507 e. The van der Waals surface area contributed by atoms with Crippen molar-refractivity contribution >= 4 is 12.0 Å². The highest BCUT2D eigenvalue weighted by atomic mass is 16.5. The molecule has 1 rings (SSSR count). The fourth-order valence-corrected chi connectivity index (χ4v) is 1.99. The van der Waals surface area contributed by atoms with Crippen LogP contribution in [0.15, 0.2) is 23.8 Å². The zero-order valence-electron chi connectivity index (χ0n) is 12.9. The number of hydrogen-bond donors (Lipinski definition) is 2. The van der Waals surface area contributed by atoms with E-state index in [2.05, 4.69) is 0 Å². The second-order valence-electron chi connectivity index (χ2n) is 4.97. The summed E-state index contributed by atoms with van der Waals surface area (Å²) in [5.74, 6) is -0.884. The van der Waals surface area contributed by atoms with E-state index in [1.807, 2.05) is 32.9 Å². The number of carbonyl (C=O) groups is 1. The monoisotopic (exact) mass is 290 g/mol. The van der Waals surface area contributed by atoms with E-state index in [0.29, 0.717) is 23.3 Å². The Morgan fingerprint density at radius 3 is 2.52 bits per heavy atom. The third kappa shape index (κ3) is 4.12. The molecule has 0 aliphatic heterocycles. The van der Waals surface area contributed by atoms with Gasteiger partial charge in [0, 0.05) is 5.56 Å². The van der Waals surface area contributed by atoms with E-state index in [4.69, 9.17) is 4.74 Å². The highest BCUT2D eigenvalue weighted by Gasteiger charge is 2.21. The van der Waals surface area contributed by atoms with E-state index in [1.165, 1.54) is 7.11 Å². The van der Waals surface area contributed by atoms with Crippen molar-refractivity contribution in [2.45, 2.75) is 33.6 Å². The lowest BCUT2D eigenvalue weighted by molar-refractivity contribution is 0.0693. The number of phenols is 1. The Bertz CT molecular complexity index is 579.